The van der Waals surface area contributed by atoms with Crippen LogP contribution >= 0.6 is 0 Å². The molecule has 5 heteroatoms. The van der Waals surface area contributed by atoms with Gasteiger partial charge in [0.05, 0.1) is 6.54 Å². The average Bonchev–Trinajstić information content (AvgIpc) is 2.41. The third-order valence-electron chi connectivity index (χ3n) is 2.75. The molecule has 17 heavy (non-hydrogen) atoms. The Bertz CT molecular complexity index is 284. The van der Waals surface area contributed by atoms with Crippen molar-refractivity contribution in [2.75, 3.05) is 19.6 Å². The van der Waals surface area contributed by atoms with E-state index in [-0.39, 0.29) is 18.4 Å². The molecule has 1 heterocycles. The number of rotatable bonds is 4. The molecule has 98 valence electrons. The summed E-state index contributed by atoms with van der Waals surface area (Å²) < 4.78 is 0. The van der Waals surface area contributed by atoms with Crippen molar-refractivity contribution in [3.05, 3.63) is 0 Å². The lowest BCUT2D eigenvalue weighted by Crippen LogP contribution is -2.48. The minimum Gasteiger partial charge on any atom is -0.353 e. The summed E-state index contributed by atoms with van der Waals surface area (Å²) >= 11 is 0. The highest BCUT2D eigenvalue weighted by Crippen LogP contribution is 2.10. The maximum atomic E-state index is 11.7. The van der Waals surface area contributed by atoms with Crippen LogP contribution in [0.4, 0.5) is 0 Å². The van der Waals surface area contributed by atoms with Gasteiger partial charge in [0.1, 0.15) is 0 Å². The molecular formula is C12H23N3O2. The van der Waals surface area contributed by atoms with Crippen molar-refractivity contribution in [3.63, 3.8) is 0 Å². The van der Waals surface area contributed by atoms with Crippen LogP contribution in [0.25, 0.3) is 0 Å². The Kier molecular flexibility index (Phi) is 4.93. The van der Waals surface area contributed by atoms with E-state index in [1.165, 1.54) is 0 Å². The predicted molar refractivity (Wildman–Crippen MR) is 66.3 cm³/mol. The second-order valence-corrected chi connectivity index (χ2v) is 5.39. The Hall–Kier alpha value is -1.10. The summed E-state index contributed by atoms with van der Waals surface area (Å²) in [7, 11) is 0. The van der Waals surface area contributed by atoms with Gasteiger partial charge < -0.3 is 16.0 Å². The Morgan fingerprint density at radius 2 is 2.12 bits per heavy atom. The van der Waals surface area contributed by atoms with Crippen LogP contribution in [0.3, 0.4) is 0 Å². The van der Waals surface area contributed by atoms with Gasteiger partial charge in [0, 0.05) is 25.0 Å². The van der Waals surface area contributed by atoms with E-state index in [1.54, 1.807) is 4.90 Å². The quantitative estimate of drug-likeness (QED) is 0.740. The van der Waals surface area contributed by atoms with Gasteiger partial charge in [0.25, 0.3) is 0 Å². The number of carbonyl (C=O) groups excluding carboxylic acids is 2. The fourth-order valence-electron chi connectivity index (χ4n) is 1.76. The van der Waals surface area contributed by atoms with Crippen molar-refractivity contribution in [1.29, 1.82) is 0 Å². The van der Waals surface area contributed by atoms with Crippen LogP contribution < -0.4 is 11.1 Å². The van der Waals surface area contributed by atoms with Crippen LogP contribution in [0.5, 0.6) is 0 Å². The molecule has 0 saturated carbocycles. The Morgan fingerprint density at radius 1 is 1.41 bits per heavy atom. The highest BCUT2D eigenvalue weighted by atomic mass is 16.2. The van der Waals surface area contributed by atoms with Crippen molar-refractivity contribution in [1.82, 2.24) is 10.2 Å². The van der Waals surface area contributed by atoms with Crippen molar-refractivity contribution in [2.24, 2.45) is 5.73 Å². The van der Waals surface area contributed by atoms with Gasteiger partial charge in [-0.1, -0.05) is 6.42 Å². The lowest BCUT2D eigenvalue weighted by atomic mass is 10.1. The van der Waals surface area contributed by atoms with Gasteiger partial charge in [-0.15, -0.1) is 0 Å². The summed E-state index contributed by atoms with van der Waals surface area (Å²) in [5.74, 6) is -0.0385. The Labute approximate surface area is 103 Å². The molecule has 0 aromatic rings. The normalized spacial score (nSPS) is 17.8. The van der Waals surface area contributed by atoms with Gasteiger partial charge in [-0.25, -0.2) is 0 Å². The first-order chi connectivity index (χ1) is 7.88. The molecule has 3 N–H and O–H groups in total. The van der Waals surface area contributed by atoms with E-state index < -0.39 is 5.54 Å². The standard InChI is InChI=1S/C12H23N3O2/c1-12(2,13)9-14-10(16)8-15-7-5-3-4-6-11(15)17/h3-9,13H2,1-2H3,(H,14,16). The first-order valence-corrected chi connectivity index (χ1v) is 6.22. The number of likely N-dealkylation sites (tertiary alicyclic amines) is 1. The van der Waals surface area contributed by atoms with Crippen LogP contribution in [0.1, 0.15) is 39.5 Å². The maximum Gasteiger partial charge on any atom is 0.239 e. The summed E-state index contributed by atoms with van der Waals surface area (Å²) in [5.41, 5.74) is 5.36. The van der Waals surface area contributed by atoms with Gasteiger partial charge in [0.2, 0.25) is 11.8 Å². The van der Waals surface area contributed by atoms with Crippen LogP contribution in [0.2, 0.25) is 0 Å². The smallest absolute Gasteiger partial charge is 0.239 e. The first-order valence-electron chi connectivity index (χ1n) is 6.22. The second kappa shape index (κ2) is 6.00. The highest BCUT2D eigenvalue weighted by molar-refractivity contribution is 5.84. The van der Waals surface area contributed by atoms with E-state index in [1.807, 2.05) is 13.8 Å². The molecule has 0 aromatic carbocycles. The number of carbonyl (C=O) groups is 2. The van der Waals surface area contributed by atoms with E-state index in [2.05, 4.69) is 5.32 Å². The van der Waals surface area contributed by atoms with Crippen molar-refractivity contribution < 1.29 is 9.59 Å². The zero-order valence-electron chi connectivity index (χ0n) is 10.8. The average molecular weight is 241 g/mol. The molecule has 0 radical (unpaired) electrons. The summed E-state index contributed by atoms with van der Waals surface area (Å²) in [6.45, 7) is 4.98. The molecule has 0 bridgehead atoms. The van der Waals surface area contributed by atoms with Gasteiger partial charge in [-0.05, 0) is 26.7 Å². The molecule has 2 amide bonds. The second-order valence-electron chi connectivity index (χ2n) is 5.39. The molecule has 1 aliphatic heterocycles. The summed E-state index contributed by atoms with van der Waals surface area (Å²) in [5, 5.41) is 2.75. The molecular weight excluding hydrogens is 218 g/mol. The minimum atomic E-state index is -0.418. The first kappa shape index (κ1) is 14.0. The minimum absolute atomic E-state index is 0.0876. The van der Waals surface area contributed by atoms with Gasteiger partial charge in [-0.3, -0.25) is 9.59 Å². The summed E-state index contributed by atoms with van der Waals surface area (Å²) in [6.07, 6.45) is 3.56. The van der Waals surface area contributed by atoms with E-state index in [0.717, 1.165) is 19.3 Å². The van der Waals surface area contributed by atoms with E-state index >= 15 is 0 Å². The van der Waals surface area contributed by atoms with E-state index in [0.29, 0.717) is 19.5 Å². The van der Waals surface area contributed by atoms with Gasteiger partial charge in [-0.2, -0.15) is 0 Å². The number of nitrogens with two attached hydrogens (primary N) is 1. The van der Waals surface area contributed by atoms with Gasteiger partial charge >= 0.3 is 0 Å². The van der Waals surface area contributed by atoms with Gasteiger partial charge in [0.15, 0.2) is 0 Å². The van der Waals surface area contributed by atoms with Crippen molar-refractivity contribution in [3.8, 4) is 0 Å². The number of amides is 2. The molecule has 0 aromatic heterocycles. The highest BCUT2D eigenvalue weighted by Gasteiger charge is 2.20. The Morgan fingerprint density at radius 3 is 2.76 bits per heavy atom. The van der Waals surface area contributed by atoms with E-state index in [4.69, 9.17) is 5.73 Å². The molecule has 1 rings (SSSR count). The summed E-state index contributed by atoms with van der Waals surface area (Å²) in [4.78, 5) is 25.0. The fraction of sp³-hybridized carbons (Fsp3) is 0.833. The van der Waals surface area contributed by atoms with Crippen molar-refractivity contribution in [2.45, 2.75) is 45.1 Å². The molecule has 1 saturated heterocycles. The Balaban J connectivity index is 2.36. The molecule has 1 aliphatic rings. The molecule has 1 fully saturated rings. The SMILES string of the molecule is CC(C)(N)CNC(=O)CN1CCCCCC1=O. The van der Waals surface area contributed by atoms with Crippen LogP contribution in [-0.2, 0) is 9.59 Å². The molecule has 5 nitrogen and oxygen atoms in total. The largest absolute Gasteiger partial charge is 0.353 e. The van der Waals surface area contributed by atoms with Crippen LogP contribution in [0, 0.1) is 0 Å². The molecule has 0 atom stereocenters. The predicted octanol–water partition coefficient (Wildman–Crippen LogP) is 0.243. The number of nitrogens with zero attached hydrogens (tertiary/aromatic N) is 1. The number of nitrogens with one attached hydrogen (secondary N) is 1. The fourth-order valence-corrected chi connectivity index (χ4v) is 1.76. The topological polar surface area (TPSA) is 75.4 Å². The molecule has 0 aliphatic carbocycles. The van der Waals surface area contributed by atoms with Crippen LogP contribution in [0.15, 0.2) is 0 Å². The van der Waals surface area contributed by atoms with Crippen LogP contribution in [-0.4, -0.2) is 41.9 Å². The lowest BCUT2D eigenvalue weighted by molar-refractivity contribution is -0.135. The van der Waals surface area contributed by atoms with Crippen molar-refractivity contribution >= 4 is 11.8 Å². The monoisotopic (exact) mass is 241 g/mol. The summed E-state index contributed by atoms with van der Waals surface area (Å²) in [6, 6.07) is 0. The third-order valence-corrected chi connectivity index (χ3v) is 2.75. The zero-order chi connectivity index (χ0) is 12.9. The number of hydrogen-bond acceptors (Lipinski definition) is 3. The zero-order valence-corrected chi connectivity index (χ0v) is 10.8. The molecule has 0 spiro atoms. The molecule has 0 unspecified atom stereocenters. The third kappa shape index (κ3) is 5.68. The number of hydrogen-bond donors (Lipinski definition) is 2. The lowest BCUT2D eigenvalue weighted by Gasteiger charge is -2.22. The van der Waals surface area contributed by atoms with E-state index in [9.17, 15) is 9.59 Å². The maximum absolute atomic E-state index is 11.7.